The average molecular weight is 325 g/mol. The third-order valence-corrected chi connectivity index (χ3v) is 4.20. The highest BCUT2D eigenvalue weighted by Gasteiger charge is 2.16. The number of hydrogen-bond acceptors (Lipinski definition) is 4. The van der Waals surface area contributed by atoms with Crippen LogP contribution in [0.5, 0.6) is 0 Å². The standard InChI is InChI=1S/C19H23N3O2/c1-14(15-6-3-2-4-7-15)22-18-10-9-16(12-20-18)19(23)21-13-17-8-5-11-24-17/h2-4,6-7,9-10,12,14,17H,5,8,11,13H2,1H3,(H,20,22)(H,21,23). The maximum Gasteiger partial charge on any atom is 0.252 e. The highest BCUT2D eigenvalue weighted by atomic mass is 16.5. The summed E-state index contributed by atoms with van der Waals surface area (Å²) in [5.74, 6) is 0.641. The predicted octanol–water partition coefficient (Wildman–Crippen LogP) is 3.16. The quantitative estimate of drug-likeness (QED) is 0.856. The number of ether oxygens (including phenoxy) is 1. The molecule has 1 aliphatic rings. The van der Waals surface area contributed by atoms with Crippen LogP contribution in [0, 0.1) is 0 Å². The maximum atomic E-state index is 12.1. The molecule has 1 aliphatic heterocycles. The average Bonchev–Trinajstić information content (AvgIpc) is 3.14. The lowest BCUT2D eigenvalue weighted by Gasteiger charge is -2.15. The number of benzene rings is 1. The van der Waals surface area contributed by atoms with Crippen LogP contribution < -0.4 is 10.6 Å². The highest BCUT2D eigenvalue weighted by Crippen LogP contribution is 2.17. The van der Waals surface area contributed by atoms with Gasteiger partial charge in [-0.2, -0.15) is 0 Å². The van der Waals surface area contributed by atoms with Gasteiger partial charge in [0.05, 0.1) is 11.7 Å². The topological polar surface area (TPSA) is 63.2 Å². The molecule has 3 rings (SSSR count). The summed E-state index contributed by atoms with van der Waals surface area (Å²) in [7, 11) is 0. The summed E-state index contributed by atoms with van der Waals surface area (Å²) >= 11 is 0. The molecule has 2 heterocycles. The van der Waals surface area contributed by atoms with Crippen LogP contribution >= 0.6 is 0 Å². The molecule has 1 fully saturated rings. The summed E-state index contributed by atoms with van der Waals surface area (Å²) < 4.78 is 5.50. The fourth-order valence-electron chi connectivity index (χ4n) is 2.77. The molecule has 0 spiro atoms. The minimum atomic E-state index is -0.111. The number of nitrogens with zero attached hydrogens (tertiary/aromatic N) is 1. The number of carbonyl (C=O) groups excluding carboxylic acids is 1. The summed E-state index contributed by atoms with van der Waals surface area (Å²) in [6.07, 6.45) is 3.83. The molecular formula is C19H23N3O2. The van der Waals surface area contributed by atoms with Gasteiger partial charge in [-0.1, -0.05) is 30.3 Å². The molecule has 1 aromatic carbocycles. The Morgan fingerprint density at radius 3 is 2.79 bits per heavy atom. The van der Waals surface area contributed by atoms with Crippen molar-refractivity contribution in [3.05, 3.63) is 59.8 Å². The number of hydrogen-bond donors (Lipinski definition) is 2. The first-order valence-electron chi connectivity index (χ1n) is 8.40. The van der Waals surface area contributed by atoms with Gasteiger partial charge in [-0.15, -0.1) is 0 Å². The number of rotatable bonds is 6. The van der Waals surface area contributed by atoms with E-state index in [-0.39, 0.29) is 18.1 Å². The van der Waals surface area contributed by atoms with Crippen LogP contribution in [0.4, 0.5) is 5.82 Å². The van der Waals surface area contributed by atoms with Crippen LogP contribution in [0.15, 0.2) is 48.7 Å². The molecule has 2 atom stereocenters. The Labute approximate surface area is 142 Å². The van der Waals surface area contributed by atoms with Gasteiger partial charge in [0.2, 0.25) is 0 Å². The first-order chi connectivity index (χ1) is 11.7. The van der Waals surface area contributed by atoms with Crippen LogP contribution in [0.2, 0.25) is 0 Å². The van der Waals surface area contributed by atoms with Gasteiger partial charge >= 0.3 is 0 Å². The molecule has 1 aromatic heterocycles. The fraction of sp³-hybridized carbons (Fsp3) is 0.368. The summed E-state index contributed by atoms with van der Waals surface area (Å²) in [6, 6.07) is 14.0. The number of carbonyl (C=O) groups is 1. The SMILES string of the molecule is CC(Nc1ccc(C(=O)NCC2CCCO2)cn1)c1ccccc1. The van der Waals surface area contributed by atoms with Crippen molar-refractivity contribution < 1.29 is 9.53 Å². The molecule has 2 unspecified atom stereocenters. The second kappa shape index (κ2) is 7.93. The van der Waals surface area contributed by atoms with E-state index in [1.807, 2.05) is 24.3 Å². The summed E-state index contributed by atoms with van der Waals surface area (Å²) in [6.45, 7) is 3.44. The van der Waals surface area contributed by atoms with Crippen molar-refractivity contribution in [2.24, 2.45) is 0 Å². The van der Waals surface area contributed by atoms with Crippen molar-refractivity contribution in [2.75, 3.05) is 18.5 Å². The predicted molar refractivity (Wildman–Crippen MR) is 94.0 cm³/mol. The number of amides is 1. The van der Waals surface area contributed by atoms with E-state index in [1.54, 1.807) is 12.3 Å². The van der Waals surface area contributed by atoms with E-state index in [4.69, 9.17) is 4.74 Å². The van der Waals surface area contributed by atoms with Gasteiger partial charge in [0.15, 0.2) is 0 Å². The molecule has 0 bridgehead atoms. The number of aromatic nitrogens is 1. The molecule has 0 radical (unpaired) electrons. The Morgan fingerprint density at radius 1 is 1.29 bits per heavy atom. The third kappa shape index (κ3) is 4.32. The molecule has 0 saturated carbocycles. The lowest BCUT2D eigenvalue weighted by Crippen LogP contribution is -2.31. The van der Waals surface area contributed by atoms with Gasteiger partial charge in [0.1, 0.15) is 5.82 Å². The van der Waals surface area contributed by atoms with Gasteiger partial charge in [-0.05, 0) is 37.5 Å². The zero-order chi connectivity index (χ0) is 16.8. The van der Waals surface area contributed by atoms with Crippen molar-refractivity contribution >= 4 is 11.7 Å². The van der Waals surface area contributed by atoms with Crippen molar-refractivity contribution in [1.82, 2.24) is 10.3 Å². The van der Waals surface area contributed by atoms with Crippen LogP contribution in [0.3, 0.4) is 0 Å². The number of anilines is 1. The Hall–Kier alpha value is -2.40. The normalized spacial score (nSPS) is 18.1. The van der Waals surface area contributed by atoms with E-state index in [1.165, 1.54) is 5.56 Å². The van der Waals surface area contributed by atoms with Crippen LogP contribution in [0.25, 0.3) is 0 Å². The molecule has 24 heavy (non-hydrogen) atoms. The van der Waals surface area contributed by atoms with Gasteiger partial charge in [0.25, 0.3) is 5.91 Å². The van der Waals surface area contributed by atoms with Crippen LogP contribution in [-0.2, 0) is 4.74 Å². The van der Waals surface area contributed by atoms with Crippen LogP contribution in [0.1, 0.15) is 41.7 Å². The van der Waals surface area contributed by atoms with Crippen LogP contribution in [-0.4, -0.2) is 30.1 Å². The Kier molecular flexibility index (Phi) is 5.43. The molecular weight excluding hydrogens is 302 g/mol. The van der Waals surface area contributed by atoms with E-state index in [2.05, 4.69) is 34.7 Å². The largest absolute Gasteiger partial charge is 0.376 e. The van der Waals surface area contributed by atoms with Gasteiger partial charge < -0.3 is 15.4 Å². The molecule has 5 heteroatoms. The number of nitrogens with one attached hydrogen (secondary N) is 2. The minimum absolute atomic E-state index is 0.111. The van der Waals surface area contributed by atoms with E-state index < -0.39 is 0 Å². The van der Waals surface area contributed by atoms with Crippen molar-refractivity contribution in [3.8, 4) is 0 Å². The third-order valence-electron chi connectivity index (χ3n) is 4.20. The maximum absolute atomic E-state index is 12.1. The first kappa shape index (κ1) is 16.5. The number of pyridine rings is 1. The van der Waals surface area contributed by atoms with Crippen molar-refractivity contribution in [2.45, 2.75) is 31.9 Å². The minimum Gasteiger partial charge on any atom is -0.376 e. The molecule has 2 aromatic rings. The first-order valence-corrected chi connectivity index (χ1v) is 8.40. The van der Waals surface area contributed by atoms with Gasteiger partial charge in [0, 0.05) is 25.4 Å². The highest BCUT2D eigenvalue weighted by molar-refractivity contribution is 5.94. The molecule has 0 aliphatic carbocycles. The molecule has 1 amide bonds. The van der Waals surface area contributed by atoms with Crippen molar-refractivity contribution in [1.29, 1.82) is 0 Å². The lowest BCUT2D eigenvalue weighted by molar-refractivity contribution is 0.0857. The Balaban J connectivity index is 1.53. The molecule has 1 saturated heterocycles. The van der Waals surface area contributed by atoms with Crippen molar-refractivity contribution in [3.63, 3.8) is 0 Å². The van der Waals surface area contributed by atoms with Gasteiger partial charge in [-0.25, -0.2) is 4.98 Å². The zero-order valence-electron chi connectivity index (χ0n) is 13.9. The molecule has 126 valence electrons. The monoisotopic (exact) mass is 325 g/mol. The Bertz CT molecular complexity index is 652. The molecule has 5 nitrogen and oxygen atoms in total. The Morgan fingerprint density at radius 2 is 2.12 bits per heavy atom. The second-order valence-corrected chi connectivity index (χ2v) is 6.05. The zero-order valence-corrected chi connectivity index (χ0v) is 13.9. The fourth-order valence-corrected chi connectivity index (χ4v) is 2.77. The smallest absolute Gasteiger partial charge is 0.252 e. The van der Waals surface area contributed by atoms with E-state index in [9.17, 15) is 4.79 Å². The van der Waals surface area contributed by atoms with Gasteiger partial charge in [-0.3, -0.25) is 4.79 Å². The molecule has 2 N–H and O–H groups in total. The summed E-state index contributed by atoms with van der Waals surface area (Å²) in [5, 5.41) is 6.24. The van der Waals surface area contributed by atoms with E-state index in [0.717, 1.165) is 25.3 Å². The summed E-state index contributed by atoms with van der Waals surface area (Å²) in [5.41, 5.74) is 1.75. The second-order valence-electron chi connectivity index (χ2n) is 6.05. The van der Waals surface area contributed by atoms with E-state index in [0.29, 0.717) is 12.1 Å². The van der Waals surface area contributed by atoms with E-state index >= 15 is 0 Å². The lowest BCUT2D eigenvalue weighted by atomic mass is 10.1. The summed E-state index contributed by atoms with van der Waals surface area (Å²) in [4.78, 5) is 16.5.